The Bertz CT molecular complexity index is 2170. The highest BCUT2D eigenvalue weighted by Gasteiger charge is 2.34. The molecule has 0 saturated carbocycles. The van der Waals surface area contributed by atoms with E-state index in [1.54, 1.807) is 41.1 Å². The molecule has 4 aromatic rings. The number of nitrogens with zero attached hydrogens (tertiary/aromatic N) is 5. The average Bonchev–Trinajstić information content (AvgIpc) is 3.22. The first-order chi connectivity index (χ1) is 27.6. The number of methoxy groups -OCH3 is 1. The molecule has 0 aliphatic carbocycles. The summed E-state index contributed by atoms with van der Waals surface area (Å²) < 4.78 is 35.3. The van der Waals surface area contributed by atoms with E-state index in [9.17, 15) is 19.2 Å². The number of aryl methyl sites for hydroxylation is 2. The number of unbranched alkanes of at least 4 members (excludes halogenated alkanes) is 1. The van der Waals surface area contributed by atoms with Crippen molar-refractivity contribution in [3.8, 4) is 28.4 Å². The molecule has 2 atom stereocenters. The topological polar surface area (TPSA) is 124 Å². The van der Waals surface area contributed by atoms with Crippen molar-refractivity contribution in [3.05, 3.63) is 77.0 Å². The van der Waals surface area contributed by atoms with Crippen molar-refractivity contribution in [1.82, 2.24) is 19.4 Å². The molecule has 2 amide bonds. The number of alkyl halides is 1. The van der Waals surface area contributed by atoms with E-state index in [0.717, 1.165) is 54.3 Å². The standard InChI is InChI=1S/C44H52FN5O7/c1-4-5-16-49-26-36(34-10-15-46-24-35(34)44(49)54)31-7-9-40(41(21-31)55-3)57-39-14-17-47(27-37(39)45)25-30-11-18-48(19-12-30)43(53)28-56-33-8-6-29(2)38(23-33)50-20-13-32(51)22-42(50)52/h6-10,15,21,23-24,26,30,37,39H,4-5,11-14,16-20,22,25,27-28H2,1-3H3/t37-,39-/m0/s1. The van der Waals surface area contributed by atoms with Crippen LogP contribution in [0.1, 0.15) is 57.4 Å². The Morgan fingerprint density at radius 2 is 1.79 bits per heavy atom. The van der Waals surface area contributed by atoms with Crippen LogP contribution in [-0.4, -0.2) is 102 Å². The molecular formula is C44H52FN5O7. The minimum absolute atomic E-state index is 0.0495. The summed E-state index contributed by atoms with van der Waals surface area (Å²) in [4.78, 5) is 60.2. The van der Waals surface area contributed by atoms with Crippen molar-refractivity contribution in [3.63, 3.8) is 0 Å². The molecule has 3 saturated heterocycles. The Morgan fingerprint density at radius 3 is 2.54 bits per heavy atom. The van der Waals surface area contributed by atoms with Crippen molar-refractivity contribution >= 4 is 34.1 Å². The maximum absolute atomic E-state index is 15.7. The fraction of sp³-hybridized carbons (Fsp3) is 0.477. The third-order valence-corrected chi connectivity index (χ3v) is 11.5. The summed E-state index contributed by atoms with van der Waals surface area (Å²) in [5, 5.41) is 1.37. The molecule has 57 heavy (non-hydrogen) atoms. The second-order valence-corrected chi connectivity index (χ2v) is 15.5. The highest BCUT2D eigenvalue weighted by atomic mass is 19.1. The molecular weight excluding hydrogens is 730 g/mol. The van der Waals surface area contributed by atoms with Gasteiger partial charge in [-0.2, -0.15) is 0 Å². The van der Waals surface area contributed by atoms with Gasteiger partial charge in [0.05, 0.1) is 24.6 Å². The van der Waals surface area contributed by atoms with E-state index >= 15 is 4.39 Å². The van der Waals surface area contributed by atoms with Crippen molar-refractivity contribution < 1.29 is 33.0 Å². The predicted octanol–water partition coefficient (Wildman–Crippen LogP) is 5.99. The number of likely N-dealkylation sites (tertiary alicyclic amines) is 2. The number of benzene rings is 2. The van der Waals surface area contributed by atoms with Crippen LogP contribution in [0.25, 0.3) is 21.9 Å². The smallest absolute Gasteiger partial charge is 0.260 e. The van der Waals surface area contributed by atoms with Crippen LogP contribution in [0.2, 0.25) is 0 Å². The molecule has 3 aliphatic heterocycles. The molecule has 2 aromatic heterocycles. The zero-order chi connectivity index (χ0) is 40.1. The normalized spacial score (nSPS) is 19.6. The Labute approximate surface area is 332 Å². The molecule has 3 aliphatic rings. The summed E-state index contributed by atoms with van der Waals surface area (Å²) in [6.07, 6.45) is 7.68. The van der Waals surface area contributed by atoms with Crippen molar-refractivity contribution in [2.24, 2.45) is 5.92 Å². The molecule has 13 heteroatoms. The Balaban J connectivity index is 0.893. The maximum Gasteiger partial charge on any atom is 0.260 e. The van der Waals surface area contributed by atoms with E-state index in [1.165, 1.54) is 0 Å². The first-order valence-corrected chi connectivity index (χ1v) is 20.1. The summed E-state index contributed by atoms with van der Waals surface area (Å²) in [5.74, 6) is 1.46. The van der Waals surface area contributed by atoms with Gasteiger partial charge < -0.3 is 28.6 Å². The lowest BCUT2D eigenvalue weighted by atomic mass is 9.94. The van der Waals surface area contributed by atoms with Crippen LogP contribution in [0.5, 0.6) is 17.2 Å². The number of rotatable bonds is 13. The van der Waals surface area contributed by atoms with Gasteiger partial charge >= 0.3 is 0 Å². The fourth-order valence-electron chi connectivity index (χ4n) is 8.21. The lowest BCUT2D eigenvalue weighted by Gasteiger charge is -2.39. The quantitative estimate of drug-likeness (QED) is 0.151. The summed E-state index contributed by atoms with van der Waals surface area (Å²) >= 11 is 0. The molecule has 12 nitrogen and oxygen atoms in total. The van der Waals surface area contributed by atoms with Crippen molar-refractivity contribution in [2.45, 2.75) is 77.6 Å². The van der Waals surface area contributed by atoms with E-state index in [4.69, 9.17) is 14.2 Å². The highest BCUT2D eigenvalue weighted by molar-refractivity contribution is 6.08. The molecule has 2 aromatic carbocycles. The van der Waals surface area contributed by atoms with Gasteiger partial charge in [0.15, 0.2) is 18.1 Å². The van der Waals surface area contributed by atoms with Crippen LogP contribution in [0.15, 0.2) is 65.8 Å². The number of ketones is 1. The van der Waals surface area contributed by atoms with Gasteiger partial charge in [0.25, 0.3) is 11.5 Å². The molecule has 5 heterocycles. The van der Waals surface area contributed by atoms with Gasteiger partial charge in [-0.05, 0) is 79.3 Å². The largest absolute Gasteiger partial charge is 0.493 e. The molecule has 0 N–H and O–H groups in total. The number of anilines is 1. The third-order valence-electron chi connectivity index (χ3n) is 11.5. The molecule has 0 spiro atoms. The van der Waals surface area contributed by atoms with Crippen LogP contribution < -0.4 is 24.7 Å². The minimum atomic E-state index is -1.18. The Kier molecular flexibility index (Phi) is 12.5. The zero-order valence-electron chi connectivity index (χ0n) is 33.1. The molecule has 0 unspecified atom stereocenters. The van der Waals surface area contributed by atoms with Crippen LogP contribution in [0.3, 0.4) is 0 Å². The lowest BCUT2D eigenvalue weighted by Crippen LogP contribution is -2.49. The monoisotopic (exact) mass is 781 g/mol. The Morgan fingerprint density at radius 1 is 0.965 bits per heavy atom. The van der Waals surface area contributed by atoms with Gasteiger partial charge in [-0.1, -0.05) is 25.5 Å². The molecule has 302 valence electrons. The third kappa shape index (κ3) is 9.14. The number of Topliss-reactive ketones (excluding diaryl/α,β-unsaturated/α-hetero) is 1. The van der Waals surface area contributed by atoms with Gasteiger partial charge in [-0.25, -0.2) is 4.39 Å². The number of fused-ring (bicyclic) bond motifs is 1. The predicted molar refractivity (Wildman–Crippen MR) is 216 cm³/mol. The second kappa shape index (κ2) is 17.9. The van der Waals surface area contributed by atoms with Crippen molar-refractivity contribution in [2.75, 3.05) is 57.9 Å². The number of aromatic nitrogens is 2. The lowest BCUT2D eigenvalue weighted by molar-refractivity contribution is -0.135. The van der Waals surface area contributed by atoms with Gasteiger partial charge in [-0.15, -0.1) is 0 Å². The van der Waals surface area contributed by atoms with E-state index in [0.29, 0.717) is 79.8 Å². The van der Waals surface area contributed by atoms with Crippen molar-refractivity contribution in [1.29, 1.82) is 0 Å². The first-order valence-electron chi connectivity index (χ1n) is 20.1. The average molecular weight is 782 g/mol. The SMILES string of the molecule is CCCCn1cc(-c2ccc(O[C@H]3CCN(CC4CCN(C(=O)COc5ccc(C)c(N6CCC(=O)CC6=O)c5)CC4)C[C@@H]3F)c(OC)c2)c2ccncc2c1=O. The van der Waals surface area contributed by atoms with Crippen LogP contribution >= 0.6 is 0 Å². The van der Waals surface area contributed by atoms with E-state index in [2.05, 4.69) is 16.8 Å². The van der Waals surface area contributed by atoms with E-state index in [1.807, 2.05) is 48.4 Å². The molecule has 0 bridgehead atoms. The van der Waals surface area contributed by atoms with Crippen LogP contribution in [-0.2, 0) is 20.9 Å². The molecule has 0 radical (unpaired) electrons. The fourth-order valence-corrected chi connectivity index (χ4v) is 8.21. The number of amides is 2. The first kappa shape index (κ1) is 39.9. The summed E-state index contributed by atoms with van der Waals surface area (Å²) in [7, 11) is 1.57. The number of ether oxygens (including phenoxy) is 3. The maximum atomic E-state index is 15.7. The summed E-state index contributed by atoms with van der Waals surface area (Å²) in [5.41, 5.74) is 3.28. The van der Waals surface area contributed by atoms with Gasteiger partial charge in [0, 0.05) is 82.5 Å². The van der Waals surface area contributed by atoms with Gasteiger partial charge in [0.2, 0.25) is 5.91 Å². The van der Waals surface area contributed by atoms with Crippen LogP contribution in [0, 0.1) is 12.8 Å². The number of hydrogen-bond donors (Lipinski definition) is 0. The van der Waals surface area contributed by atoms with E-state index in [-0.39, 0.29) is 42.7 Å². The summed E-state index contributed by atoms with van der Waals surface area (Å²) in [6, 6.07) is 12.9. The molecule has 3 fully saturated rings. The molecule has 7 rings (SSSR count). The minimum Gasteiger partial charge on any atom is -0.493 e. The second-order valence-electron chi connectivity index (χ2n) is 15.5. The van der Waals surface area contributed by atoms with Gasteiger partial charge in [0.1, 0.15) is 23.8 Å². The number of pyridine rings is 2. The number of hydrogen-bond acceptors (Lipinski definition) is 9. The number of carbonyl (C=O) groups is 3. The number of piperidine rings is 3. The highest BCUT2D eigenvalue weighted by Crippen LogP contribution is 2.37. The number of halogens is 1. The zero-order valence-corrected chi connectivity index (χ0v) is 33.1. The number of carbonyl (C=O) groups excluding carboxylic acids is 3. The van der Waals surface area contributed by atoms with Crippen LogP contribution in [0.4, 0.5) is 10.1 Å². The summed E-state index contributed by atoms with van der Waals surface area (Å²) in [6.45, 7) is 7.82. The Hall–Kier alpha value is -5.30. The van der Waals surface area contributed by atoms with Gasteiger partial charge in [-0.3, -0.25) is 29.1 Å². The van der Waals surface area contributed by atoms with E-state index < -0.39 is 12.3 Å².